The lowest BCUT2D eigenvalue weighted by molar-refractivity contribution is -0.274. The van der Waals surface area contributed by atoms with Gasteiger partial charge in [0.15, 0.2) is 0 Å². The van der Waals surface area contributed by atoms with Crippen LogP contribution in [-0.4, -0.2) is 69.0 Å². The summed E-state index contributed by atoms with van der Waals surface area (Å²) in [5.41, 5.74) is 2.83. The van der Waals surface area contributed by atoms with Crippen LogP contribution in [0.1, 0.15) is 48.2 Å². The smallest absolute Gasteiger partial charge is 0.406 e. The summed E-state index contributed by atoms with van der Waals surface area (Å²) in [6.45, 7) is 4.12. The van der Waals surface area contributed by atoms with Crippen molar-refractivity contribution in [1.29, 1.82) is 0 Å². The second kappa shape index (κ2) is 9.20. The number of hydrogen-bond acceptors (Lipinski definition) is 7. The molecule has 0 saturated carbocycles. The predicted molar refractivity (Wildman–Crippen MR) is 126 cm³/mol. The molecule has 2 aliphatic heterocycles. The van der Waals surface area contributed by atoms with Crippen molar-refractivity contribution in [1.82, 2.24) is 19.9 Å². The van der Waals surface area contributed by atoms with Crippen molar-refractivity contribution in [3.05, 3.63) is 54.1 Å². The lowest BCUT2D eigenvalue weighted by Crippen LogP contribution is -2.38. The first-order valence-electron chi connectivity index (χ1n) is 11.8. The summed E-state index contributed by atoms with van der Waals surface area (Å²) in [5, 5.41) is 10.3. The fraction of sp³-hybridized carbons (Fsp3) is 0.440. The number of pyridine rings is 1. The molecule has 0 radical (unpaired) electrons. The molecule has 2 aromatic heterocycles. The maximum atomic E-state index is 12.9. The van der Waals surface area contributed by atoms with E-state index in [2.05, 4.69) is 24.6 Å². The highest BCUT2D eigenvalue weighted by atomic mass is 19.4. The molecule has 0 spiro atoms. The molecule has 0 aliphatic carbocycles. The number of fused-ring (bicyclic) bond motifs is 1. The second-order valence-electron chi connectivity index (χ2n) is 9.63. The quantitative estimate of drug-likeness (QED) is 0.580. The Morgan fingerprint density at radius 1 is 1.11 bits per heavy atom. The molecule has 190 valence electrons. The minimum atomic E-state index is -4.77. The van der Waals surface area contributed by atoms with Crippen LogP contribution >= 0.6 is 0 Å². The average molecular weight is 502 g/mol. The summed E-state index contributed by atoms with van der Waals surface area (Å²) in [5.74, 6) is -0.490. The number of rotatable bonds is 4. The molecular formula is C25H26F3N5O3. The average Bonchev–Trinajstić information content (AvgIpc) is 3.22. The molecule has 1 amide bonds. The summed E-state index contributed by atoms with van der Waals surface area (Å²) in [4.78, 5) is 30.2. The summed E-state index contributed by atoms with van der Waals surface area (Å²) >= 11 is 0. The number of carbonyl (C=O) groups excluding carboxylic acids is 1. The van der Waals surface area contributed by atoms with Crippen LogP contribution in [-0.2, 0) is 0 Å². The van der Waals surface area contributed by atoms with E-state index < -0.39 is 12.0 Å². The number of likely N-dealkylation sites (tertiary alicyclic amines) is 1. The van der Waals surface area contributed by atoms with Gasteiger partial charge in [-0.05, 0) is 56.5 Å². The van der Waals surface area contributed by atoms with Crippen molar-refractivity contribution in [2.75, 3.05) is 31.1 Å². The lowest BCUT2D eigenvalue weighted by Gasteiger charge is -2.32. The van der Waals surface area contributed by atoms with E-state index >= 15 is 0 Å². The number of β-amino-alcohol motifs (C(OH)–C–C–N with tert-alkyl or cyclic N) is 1. The normalized spacial score (nSPS) is 21.2. The van der Waals surface area contributed by atoms with Crippen molar-refractivity contribution in [3.63, 3.8) is 0 Å². The number of aliphatic hydroxyl groups is 1. The fourth-order valence-electron chi connectivity index (χ4n) is 4.93. The van der Waals surface area contributed by atoms with Gasteiger partial charge in [0, 0.05) is 37.7 Å². The molecule has 11 heteroatoms. The minimum Gasteiger partial charge on any atom is -0.406 e. The van der Waals surface area contributed by atoms with E-state index in [0.29, 0.717) is 44.5 Å². The van der Waals surface area contributed by atoms with Gasteiger partial charge in [0.05, 0.1) is 28.7 Å². The summed E-state index contributed by atoms with van der Waals surface area (Å²) in [6.07, 6.45) is 0.622. The number of halogens is 3. The molecule has 1 unspecified atom stereocenters. The zero-order valence-corrected chi connectivity index (χ0v) is 19.7. The van der Waals surface area contributed by atoms with Crippen molar-refractivity contribution in [2.24, 2.45) is 0 Å². The van der Waals surface area contributed by atoms with Crippen LogP contribution in [0.3, 0.4) is 0 Å². The SMILES string of the molecule is CC1(O)CCN(c2cnc3c(C4CCN(C(=O)c5ccc(OC(F)(F)F)cc5)CC4)ncnc3c2)C1. The zero-order chi connectivity index (χ0) is 25.5. The Morgan fingerprint density at radius 3 is 2.47 bits per heavy atom. The first-order valence-corrected chi connectivity index (χ1v) is 11.8. The molecule has 4 heterocycles. The number of benzene rings is 1. The van der Waals surface area contributed by atoms with E-state index in [0.717, 1.165) is 41.1 Å². The highest BCUT2D eigenvalue weighted by molar-refractivity contribution is 5.94. The third kappa shape index (κ3) is 5.20. The number of amides is 1. The van der Waals surface area contributed by atoms with Gasteiger partial charge in [-0.3, -0.25) is 9.78 Å². The molecule has 36 heavy (non-hydrogen) atoms. The number of anilines is 1. The number of hydrogen-bond donors (Lipinski definition) is 1. The van der Waals surface area contributed by atoms with Gasteiger partial charge in [0.2, 0.25) is 0 Å². The van der Waals surface area contributed by atoms with E-state index in [-0.39, 0.29) is 17.6 Å². The Hall–Kier alpha value is -3.47. The number of aromatic nitrogens is 3. The van der Waals surface area contributed by atoms with Crippen LogP contribution in [0.2, 0.25) is 0 Å². The molecule has 3 aromatic rings. The molecule has 2 saturated heterocycles. The van der Waals surface area contributed by atoms with Gasteiger partial charge in [-0.1, -0.05) is 0 Å². The lowest BCUT2D eigenvalue weighted by atomic mass is 9.92. The van der Waals surface area contributed by atoms with Gasteiger partial charge in [0.25, 0.3) is 5.91 Å². The minimum absolute atomic E-state index is 0.105. The maximum Gasteiger partial charge on any atom is 0.573 e. The van der Waals surface area contributed by atoms with Gasteiger partial charge >= 0.3 is 6.36 Å². The highest BCUT2D eigenvalue weighted by Crippen LogP contribution is 2.33. The molecular weight excluding hydrogens is 475 g/mol. The van der Waals surface area contributed by atoms with Crippen LogP contribution < -0.4 is 9.64 Å². The van der Waals surface area contributed by atoms with Gasteiger partial charge in [-0.25, -0.2) is 9.97 Å². The van der Waals surface area contributed by atoms with E-state index in [1.54, 1.807) is 11.1 Å². The summed E-state index contributed by atoms with van der Waals surface area (Å²) < 4.78 is 41.0. The van der Waals surface area contributed by atoms with E-state index in [1.807, 2.05) is 13.0 Å². The third-order valence-electron chi connectivity index (χ3n) is 6.81. The van der Waals surface area contributed by atoms with Crippen molar-refractivity contribution in [2.45, 2.75) is 44.1 Å². The predicted octanol–water partition coefficient (Wildman–Crippen LogP) is 3.90. The Bertz CT molecular complexity index is 1260. The van der Waals surface area contributed by atoms with Crippen LogP contribution in [0.4, 0.5) is 18.9 Å². The van der Waals surface area contributed by atoms with Crippen LogP contribution in [0.15, 0.2) is 42.9 Å². The number of ether oxygens (including phenoxy) is 1. The summed E-state index contributed by atoms with van der Waals surface area (Å²) in [6, 6.07) is 6.94. The number of carbonyl (C=O) groups is 1. The number of piperidine rings is 1. The Kier molecular flexibility index (Phi) is 6.19. The molecule has 0 bridgehead atoms. The Balaban J connectivity index is 1.25. The van der Waals surface area contributed by atoms with Crippen molar-refractivity contribution < 1.29 is 27.8 Å². The first kappa shape index (κ1) is 24.2. The molecule has 5 rings (SSSR count). The molecule has 1 aromatic carbocycles. The van der Waals surface area contributed by atoms with Gasteiger partial charge in [0.1, 0.15) is 17.6 Å². The van der Waals surface area contributed by atoms with Crippen LogP contribution in [0, 0.1) is 0 Å². The molecule has 2 fully saturated rings. The maximum absolute atomic E-state index is 12.9. The first-order chi connectivity index (χ1) is 17.1. The third-order valence-corrected chi connectivity index (χ3v) is 6.81. The molecule has 2 aliphatic rings. The highest BCUT2D eigenvalue weighted by Gasteiger charge is 2.33. The van der Waals surface area contributed by atoms with Gasteiger partial charge in [-0.15, -0.1) is 13.2 Å². The van der Waals surface area contributed by atoms with E-state index in [4.69, 9.17) is 0 Å². The van der Waals surface area contributed by atoms with E-state index in [1.165, 1.54) is 18.5 Å². The van der Waals surface area contributed by atoms with Crippen molar-refractivity contribution >= 4 is 22.6 Å². The monoisotopic (exact) mass is 501 g/mol. The second-order valence-corrected chi connectivity index (χ2v) is 9.63. The Morgan fingerprint density at radius 2 is 1.83 bits per heavy atom. The number of alkyl halides is 3. The molecule has 1 atom stereocenters. The van der Waals surface area contributed by atoms with Gasteiger partial charge < -0.3 is 19.6 Å². The molecule has 8 nitrogen and oxygen atoms in total. The standard InChI is InChI=1S/C25H26F3N5O3/c1-24(35)8-11-33(14-24)18-12-20-22(29-13-18)21(31-15-30-20)16-6-9-32(10-7-16)23(34)17-2-4-19(5-3-17)36-25(26,27)28/h2-5,12-13,15-16,35H,6-11,14H2,1H3. The molecule has 1 N–H and O–H groups in total. The van der Waals surface area contributed by atoms with Crippen LogP contribution in [0.25, 0.3) is 11.0 Å². The Labute approximate surface area is 205 Å². The summed E-state index contributed by atoms with van der Waals surface area (Å²) in [7, 11) is 0. The van der Waals surface area contributed by atoms with Crippen LogP contribution in [0.5, 0.6) is 5.75 Å². The van der Waals surface area contributed by atoms with Crippen molar-refractivity contribution in [3.8, 4) is 5.75 Å². The topological polar surface area (TPSA) is 91.7 Å². The zero-order valence-electron chi connectivity index (χ0n) is 19.7. The van der Waals surface area contributed by atoms with E-state index in [9.17, 15) is 23.1 Å². The number of nitrogens with zero attached hydrogens (tertiary/aromatic N) is 5. The fourth-order valence-corrected chi connectivity index (χ4v) is 4.93. The van der Waals surface area contributed by atoms with Gasteiger partial charge in [-0.2, -0.15) is 0 Å². The largest absolute Gasteiger partial charge is 0.573 e.